The lowest BCUT2D eigenvalue weighted by molar-refractivity contribution is 0.103. The highest BCUT2D eigenvalue weighted by molar-refractivity contribution is 7.62. The highest BCUT2D eigenvalue weighted by Gasteiger charge is 2.16. The lowest BCUT2D eigenvalue weighted by atomic mass is 9.93. The number of rotatable bonds is 7. The number of ketones is 1. The fraction of sp³-hybridized carbons (Fsp3) is 0.167. The molecule has 5 nitrogen and oxygen atoms in total. The highest BCUT2D eigenvalue weighted by atomic mass is 31.2. The minimum Gasteiger partial charge on any atom is -0.507 e. The Labute approximate surface area is 180 Å². The van der Waals surface area contributed by atoms with Crippen LogP contribution in [-0.2, 0) is 6.42 Å². The van der Waals surface area contributed by atoms with Crippen molar-refractivity contribution >= 4 is 19.4 Å². The fourth-order valence-corrected chi connectivity index (χ4v) is 3.69. The summed E-state index contributed by atoms with van der Waals surface area (Å²) in [7, 11) is -3.27. The van der Waals surface area contributed by atoms with E-state index in [-0.39, 0.29) is 23.4 Å². The Kier molecular flexibility index (Phi) is 6.65. The summed E-state index contributed by atoms with van der Waals surface area (Å²) < 4.78 is 18.6. The van der Waals surface area contributed by atoms with E-state index in [1.54, 1.807) is 12.1 Å². The lowest BCUT2D eigenvalue weighted by Crippen LogP contribution is -2.04. The Bertz CT molecular complexity index is 1140. The molecule has 0 aliphatic heterocycles. The van der Waals surface area contributed by atoms with Crippen LogP contribution in [0.3, 0.4) is 0 Å². The first-order valence-corrected chi connectivity index (χ1v) is 11.6. The molecule has 7 heteroatoms. The summed E-state index contributed by atoms with van der Waals surface area (Å²) in [6.07, 6.45) is 3.56. The van der Waals surface area contributed by atoms with Crippen molar-refractivity contribution in [3.8, 4) is 11.5 Å². The van der Waals surface area contributed by atoms with Gasteiger partial charge < -0.3 is 19.6 Å². The molecule has 162 valence electrons. The van der Waals surface area contributed by atoms with Crippen molar-refractivity contribution in [3.63, 3.8) is 0 Å². The third-order valence-corrected chi connectivity index (χ3v) is 5.44. The predicted molar refractivity (Wildman–Crippen MR) is 121 cm³/mol. The number of aromatic hydroxyl groups is 1. The SMILES string of the molecule is C=P(O)(O)COc1cc(C)c(Cc2ccc(O)c(C(=O)c3ccc(F)cc3)c2)c(C)c1. The first-order valence-electron chi connectivity index (χ1n) is 9.56. The maximum atomic E-state index is 13.2. The summed E-state index contributed by atoms with van der Waals surface area (Å²) in [5.74, 6) is -0.436. The predicted octanol–water partition coefficient (Wildman–Crippen LogP) is 4.57. The van der Waals surface area contributed by atoms with E-state index in [2.05, 4.69) is 6.30 Å². The number of ether oxygens (including phenoxy) is 1. The summed E-state index contributed by atoms with van der Waals surface area (Å²) in [6.45, 7) is 3.84. The number of carbonyl (C=O) groups excluding carboxylic acids is 1. The number of aryl methyl sites for hydroxylation is 2. The molecule has 0 heterocycles. The smallest absolute Gasteiger partial charge is 0.196 e. The standard InChI is InChI=1S/C24H24FO5P/c1-15-10-20(30-14-31(3,28)29)11-16(2)21(15)12-17-4-9-23(26)22(13-17)24(27)18-5-7-19(25)8-6-18/h4-11,13,26,28-29H,3,12,14H2,1-2H3. The topological polar surface area (TPSA) is 87.0 Å². The first-order chi connectivity index (χ1) is 14.5. The number of benzene rings is 3. The van der Waals surface area contributed by atoms with Gasteiger partial charge in [0.2, 0.25) is 0 Å². The zero-order valence-electron chi connectivity index (χ0n) is 17.3. The van der Waals surface area contributed by atoms with E-state index in [0.29, 0.717) is 17.7 Å². The van der Waals surface area contributed by atoms with Gasteiger partial charge in [-0.1, -0.05) is 6.07 Å². The van der Waals surface area contributed by atoms with Gasteiger partial charge in [0.25, 0.3) is 0 Å². The zero-order valence-corrected chi connectivity index (χ0v) is 18.2. The number of carbonyl (C=O) groups is 1. The van der Waals surface area contributed by atoms with Crippen LogP contribution in [0.25, 0.3) is 0 Å². The molecule has 31 heavy (non-hydrogen) atoms. The molecule has 0 saturated carbocycles. The molecule has 0 amide bonds. The van der Waals surface area contributed by atoms with Gasteiger partial charge in [-0.3, -0.25) is 4.79 Å². The van der Waals surface area contributed by atoms with Crippen molar-refractivity contribution in [2.75, 3.05) is 6.35 Å². The normalized spacial score (nSPS) is 11.4. The summed E-state index contributed by atoms with van der Waals surface area (Å²) in [5.41, 5.74) is 4.19. The molecule has 0 radical (unpaired) electrons. The second-order valence-electron chi connectivity index (χ2n) is 7.55. The van der Waals surface area contributed by atoms with Crippen molar-refractivity contribution in [1.29, 1.82) is 0 Å². The van der Waals surface area contributed by atoms with E-state index in [0.717, 1.165) is 22.3 Å². The lowest BCUT2D eigenvalue weighted by Gasteiger charge is -2.16. The molecule has 0 fully saturated rings. The number of hydrogen-bond acceptors (Lipinski definition) is 5. The summed E-state index contributed by atoms with van der Waals surface area (Å²) in [4.78, 5) is 31.6. The molecule has 0 aromatic heterocycles. The molecule has 0 unspecified atom stereocenters. The van der Waals surface area contributed by atoms with Gasteiger partial charge in [0.15, 0.2) is 12.1 Å². The maximum absolute atomic E-state index is 13.2. The third kappa shape index (κ3) is 5.82. The molecular weight excluding hydrogens is 418 g/mol. The van der Waals surface area contributed by atoms with Crippen LogP contribution in [0.15, 0.2) is 54.6 Å². The van der Waals surface area contributed by atoms with Crippen molar-refractivity contribution < 1.29 is 28.8 Å². The Morgan fingerprint density at radius 1 is 1.03 bits per heavy atom. The van der Waals surface area contributed by atoms with Crippen LogP contribution in [-0.4, -0.2) is 33.3 Å². The monoisotopic (exact) mass is 442 g/mol. The van der Waals surface area contributed by atoms with E-state index in [1.807, 2.05) is 26.0 Å². The van der Waals surface area contributed by atoms with Gasteiger partial charge in [-0.05, 0) is 97.4 Å². The van der Waals surface area contributed by atoms with Crippen LogP contribution in [0.5, 0.6) is 11.5 Å². The molecule has 0 bridgehead atoms. The van der Waals surface area contributed by atoms with E-state index in [9.17, 15) is 24.1 Å². The number of hydrogen-bond donors (Lipinski definition) is 3. The number of phenols is 1. The quantitative estimate of drug-likeness (QED) is 0.369. The molecule has 0 saturated heterocycles. The second kappa shape index (κ2) is 9.06. The Morgan fingerprint density at radius 3 is 2.23 bits per heavy atom. The van der Waals surface area contributed by atoms with E-state index in [4.69, 9.17) is 4.74 Å². The molecular formula is C24H24FO5P. The van der Waals surface area contributed by atoms with Crippen LogP contribution >= 0.6 is 7.34 Å². The number of halogens is 1. The average molecular weight is 442 g/mol. The van der Waals surface area contributed by atoms with Gasteiger partial charge in [-0.15, -0.1) is 0 Å². The van der Waals surface area contributed by atoms with E-state index < -0.39 is 13.2 Å². The Balaban J connectivity index is 1.86. The van der Waals surface area contributed by atoms with Crippen LogP contribution in [0, 0.1) is 19.7 Å². The molecule has 3 aromatic rings. The third-order valence-electron chi connectivity index (χ3n) is 4.90. The zero-order chi connectivity index (χ0) is 22.8. The van der Waals surface area contributed by atoms with Gasteiger partial charge in [-0.2, -0.15) is 0 Å². The Morgan fingerprint density at radius 2 is 1.65 bits per heavy atom. The molecule has 0 aliphatic carbocycles. The van der Waals surface area contributed by atoms with Crippen molar-refractivity contribution in [2.24, 2.45) is 0 Å². The first kappa shape index (κ1) is 22.8. The van der Waals surface area contributed by atoms with Gasteiger partial charge in [-0.25, -0.2) is 4.39 Å². The summed E-state index contributed by atoms with van der Waals surface area (Å²) >= 11 is 0. The fourth-order valence-electron chi connectivity index (χ4n) is 3.33. The summed E-state index contributed by atoms with van der Waals surface area (Å²) in [6, 6.07) is 13.7. The van der Waals surface area contributed by atoms with E-state index in [1.165, 1.54) is 30.3 Å². The minimum atomic E-state index is -3.27. The molecule has 0 atom stereocenters. The average Bonchev–Trinajstić information content (AvgIpc) is 2.70. The van der Waals surface area contributed by atoms with Gasteiger partial charge in [0.1, 0.15) is 24.7 Å². The molecule has 0 spiro atoms. The van der Waals surface area contributed by atoms with Gasteiger partial charge in [0.05, 0.1) is 5.56 Å². The van der Waals surface area contributed by atoms with Crippen LogP contribution in [0.1, 0.15) is 38.2 Å². The largest absolute Gasteiger partial charge is 0.507 e. The van der Waals surface area contributed by atoms with E-state index >= 15 is 0 Å². The van der Waals surface area contributed by atoms with Crippen molar-refractivity contribution in [1.82, 2.24) is 0 Å². The number of phenolic OH excluding ortho intramolecular Hbond substituents is 1. The second-order valence-corrected chi connectivity index (χ2v) is 9.57. The molecule has 3 rings (SSSR count). The van der Waals surface area contributed by atoms with Crippen molar-refractivity contribution in [2.45, 2.75) is 20.3 Å². The summed E-state index contributed by atoms with van der Waals surface area (Å²) in [5, 5.41) is 10.2. The van der Waals surface area contributed by atoms with Crippen molar-refractivity contribution in [3.05, 3.63) is 93.8 Å². The van der Waals surface area contributed by atoms with Crippen LogP contribution < -0.4 is 4.74 Å². The van der Waals surface area contributed by atoms with Crippen LogP contribution in [0.4, 0.5) is 4.39 Å². The molecule has 0 aliphatic rings. The molecule has 3 aromatic carbocycles. The molecule has 3 N–H and O–H groups in total. The van der Waals surface area contributed by atoms with Gasteiger partial charge in [0, 0.05) is 5.56 Å². The highest BCUT2D eigenvalue weighted by Crippen LogP contribution is 2.35. The van der Waals surface area contributed by atoms with Crippen LogP contribution in [0.2, 0.25) is 0 Å². The minimum absolute atomic E-state index is 0.136. The Hall–Kier alpha value is -2.92. The maximum Gasteiger partial charge on any atom is 0.196 e. The van der Waals surface area contributed by atoms with Gasteiger partial charge >= 0.3 is 0 Å².